The van der Waals surface area contributed by atoms with Gasteiger partial charge in [0.15, 0.2) is 0 Å². The van der Waals surface area contributed by atoms with Crippen LogP contribution in [-0.2, 0) is 5.79 Å². The number of carbonyl (C=O) groups excluding carboxylic acids is 1. The molecule has 4 heteroatoms. The Morgan fingerprint density at radius 1 is 1.05 bits per heavy atom. The van der Waals surface area contributed by atoms with Crippen LogP contribution in [0.3, 0.4) is 0 Å². The Morgan fingerprint density at radius 3 is 2.70 bits per heavy atom. The number of ketones is 1. The first-order valence-corrected chi connectivity index (χ1v) is 7.10. The van der Waals surface area contributed by atoms with E-state index in [2.05, 4.69) is 0 Å². The van der Waals surface area contributed by atoms with Crippen LogP contribution in [0.2, 0.25) is 0 Å². The third kappa shape index (κ3) is 1.40. The molecule has 2 heterocycles. The molecule has 0 saturated carbocycles. The maximum absolute atomic E-state index is 12.7. The highest BCUT2D eigenvalue weighted by Crippen LogP contribution is 2.43. The van der Waals surface area contributed by atoms with E-state index in [0.29, 0.717) is 16.2 Å². The number of rotatable bonds is 1. The molecule has 1 aromatic heterocycles. The van der Waals surface area contributed by atoms with Gasteiger partial charge in [-0.3, -0.25) is 4.79 Å². The number of benzene rings is 2. The van der Waals surface area contributed by atoms with Crippen molar-refractivity contribution in [3.05, 3.63) is 64.4 Å². The number of ether oxygens (including phenoxy) is 1. The van der Waals surface area contributed by atoms with Gasteiger partial charge >= 0.3 is 5.79 Å². The van der Waals surface area contributed by atoms with E-state index < -0.39 is 11.6 Å². The highest BCUT2D eigenvalue weighted by molar-refractivity contribution is 7.10. The first kappa shape index (κ1) is 11.6. The van der Waals surface area contributed by atoms with Crippen LogP contribution >= 0.6 is 11.3 Å². The van der Waals surface area contributed by atoms with Crippen molar-refractivity contribution in [2.24, 2.45) is 0 Å². The van der Waals surface area contributed by atoms with E-state index in [4.69, 9.17) is 4.74 Å². The summed E-state index contributed by atoms with van der Waals surface area (Å²) in [6.07, 6.45) is 0. The van der Waals surface area contributed by atoms with Gasteiger partial charge in [0.1, 0.15) is 5.75 Å². The molecule has 0 spiro atoms. The van der Waals surface area contributed by atoms with Crippen molar-refractivity contribution < 1.29 is 14.6 Å². The lowest BCUT2D eigenvalue weighted by Crippen LogP contribution is -2.35. The molecule has 98 valence electrons. The van der Waals surface area contributed by atoms with E-state index in [-0.39, 0.29) is 0 Å². The van der Waals surface area contributed by atoms with Gasteiger partial charge in [-0.15, -0.1) is 11.3 Å². The molecule has 1 aliphatic heterocycles. The summed E-state index contributed by atoms with van der Waals surface area (Å²) in [5.41, 5.74) is 0.457. The lowest BCUT2D eigenvalue weighted by molar-refractivity contribution is -0.0932. The fourth-order valence-corrected chi connectivity index (χ4v) is 3.33. The zero-order chi connectivity index (χ0) is 13.7. The fraction of sp³-hybridized carbons (Fsp3) is 0.0625. The zero-order valence-electron chi connectivity index (χ0n) is 10.4. The summed E-state index contributed by atoms with van der Waals surface area (Å²) in [5, 5.41) is 14.2. The lowest BCUT2D eigenvalue weighted by atomic mass is 9.98. The van der Waals surface area contributed by atoms with Crippen molar-refractivity contribution in [2.45, 2.75) is 5.79 Å². The van der Waals surface area contributed by atoms with E-state index in [0.717, 1.165) is 10.8 Å². The van der Waals surface area contributed by atoms with Gasteiger partial charge in [-0.2, -0.15) is 0 Å². The molecular weight excluding hydrogens is 272 g/mol. The summed E-state index contributed by atoms with van der Waals surface area (Å²) in [4.78, 5) is 13.2. The van der Waals surface area contributed by atoms with Gasteiger partial charge < -0.3 is 9.84 Å². The number of hydrogen-bond donors (Lipinski definition) is 1. The van der Waals surface area contributed by atoms with E-state index >= 15 is 0 Å². The molecule has 0 saturated heterocycles. The van der Waals surface area contributed by atoms with Gasteiger partial charge in [-0.25, -0.2) is 0 Å². The number of fused-ring (bicyclic) bond motifs is 3. The molecule has 0 aliphatic carbocycles. The monoisotopic (exact) mass is 282 g/mol. The number of Topliss-reactive ketones (excluding diaryl/α,β-unsaturated/α-hetero) is 1. The Morgan fingerprint density at radius 2 is 1.90 bits per heavy atom. The second-order valence-electron chi connectivity index (χ2n) is 4.71. The minimum Gasteiger partial charge on any atom is -0.449 e. The molecule has 1 unspecified atom stereocenters. The van der Waals surface area contributed by atoms with Crippen LogP contribution in [0.15, 0.2) is 53.9 Å². The van der Waals surface area contributed by atoms with Crippen molar-refractivity contribution in [1.29, 1.82) is 0 Å². The molecule has 2 aromatic carbocycles. The van der Waals surface area contributed by atoms with Crippen LogP contribution in [0.25, 0.3) is 10.8 Å². The summed E-state index contributed by atoms with van der Waals surface area (Å²) in [5.74, 6) is -1.85. The molecular formula is C16H10O3S. The van der Waals surface area contributed by atoms with Crippen LogP contribution in [0, 0.1) is 0 Å². The molecule has 1 aliphatic rings. The summed E-state index contributed by atoms with van der Waals surface area (Å²) in [6, 6.07) is 14.7. The van der Waals surface area contributed by atoms with Gasteiger partial charge in [-0.1, -0.05) is 36.4 Å². The van der Waals surface area contributed by atoms with E-state index in [1.807, 2.05) is 35.7 Å². The van der Waals surface area contributed by atoms with E-state index in [1.165, 1.54) is 11.3 Å². The van der Waals surface area contributed by atoms with Gasteiger partial charge in [-0.05, 0) is 28.3 Å². The third-order valence-corrected chi connectivity index (χ3v) is 4.50. The molecule has 0 bridgehead atoms. The molecule has 20 heavy (non-hydrogen) atoms. The third-order valence-electron chi connectivity index (χ3n) is 3.54. The Kier molecular flexibility index (Phi) is 2.28. The highest BCUT2D eigenvalue weighted by atomic mass is 32.1. The average molecular weight is 282 g/mol. The first-order chi connectivity index (χ1) is 9.70. The van der Waals surface area contributed by atoms with Crippen LogP contribution in [0.5, 0.6) is 5.75 Å². The van der Waals surface area contributed by atoms with E-state index in [1.54, 1.807) is 18.2 Å². The normalized spacial score (nSPS) is 20.9. The Bertz CT molecular complexity index is 823. The maximum Gasteiger partial charge on any atom is 0.309 e. The molecule has 3 nitrogen and oxygen atoms in total. The molecule has 0 radical (unpaired) electrons. The SMILES string of the molecule is O=C1c2c(ccc3ccccc23)OC1(O)c1cccs1. The number of hydrogen-bond acceptors (Lipinski definition) is 4. The molecule has 0 amide bonds. The molecule has 1 atom stereocenters. The smallest absolute Gasteiger partial charge is 0.309 e. The zero-order valence-corrected chi connectivity index (χ0v) is 11.2. The van der Waals surface area contributed by atoms with Crippen LogP contribution in [0.4, 0.5) is 0 Å². The van der Waals surface area contributed by atoms with Crippen molar-refractivity contribution in [3.63, 3.8) is 0 Å². The predicted octanol–water partition coefficient (Wildman–Crippen LogP) is 3.32. The molecule has 0 fully saturated rings. The second-order valence-corrected chi connectivity index (χ2v) is 5.66. The van der Waals surface area contributed by atoms with Gasteiger partial charge in [0.25, 0.3) is 0 Å². The lowest BCUT2D eigenvalue weighted by Gasteiger charge is -2.18. The minimum absolute atomic E-state index is 0.397. The minimum atomic E-state index is -1.89. The summed E-state index contributed by atoms with van der Waals surface area (Å²) >= 11 is 1.30. The number of carbonyl (C=O) groups is 1. The summed E-state index contributed by atoms with van der Waals surface area (Å²) in [6.45, 7) is 0. The fourth-order valence-electron chi connectivity index (χ4n) is 2.58. The predicted molar refractivity (Wildman–Crippen MR) is 77.1 cm³/mol. The highest BCUT2D eigenvalue weighted by Gasteiger charge is 2.49. The van der Waals surface area contributed by atoms with Gasteiger partial charge in [0.05, 0.1) is 10.4 Å². The topological polar surface area (TPSA) is 46.5 Å². The van der Waals surface area contributed by atoms with Crippen molar-refractivity contribution in [3.8, 4) is 5.75 Å². The standard InChI is InChI=1S/C16H10O3S/c17-15-14-11-5-2-1-4-10(11)7-8-12(14)19-16(15,18)13-6-3-9-20-13/h1-9,18H. The quantitative estimate of drug-likeness (QED) is 0.744. The molecule has 3 aromatic rings. The van der Waals surface area contributed by atoms with Crippen molar-refractivity contribution in [1.82, 2.24) is 0 Å². The average Bonchev–Trinajstić information content (AvgIpc) is 3.08. The Balaban J connectivity index is 1.98. The van der Waals surface area contributed by atoms with Gasteiger partial charge in [0.2, 0.25) is 5.78 Å². The van der Waals surface area contributed by atoms with Crippen LogP contribution < -0.4 is 4.74 Å². The van der Waals surface area contributed by atoms with Gasteiger partial charge in [0, 0.05) is 0 Å². The van der Waals surface area contributed by atoms with Crippen molar-refractivity contribution in [2.75, 3.05) is 0 Å². The Hall–Kier alpha value is -2.17. The first-order valence-electron chi connectivity index (χ1n) is 6.22. The Labute approximate surface area is 119 Å². The van der Waals surface area contributed by atoms with Crippen molar-refractivity contribution >= 4 is 27.9 Å². The van der Waals surface area contributed by atoms with Crippen LogP contribution in [-0.4, -0.2) is 10.9 Å². The molecule has 1 N–H and O–H groups in total. The maximum atomic E-state index is 12.7. The number of aliphatic hydroxyl groups is 1. The summed E-state index contributed by atoms with van der Waals surface area (Å²) < 4.78 is 5.58. The second kappa shape index (κ2) is 3.91. The number of thiophene rings is 1. The van der Waals surface area contributed by atoms with Crippen LogP contribution in [0.1, 0.15) is 15.2 Å². The molecule has 4 rings (SSSR count). The largest absolute Gasteiger partial charge is 0.449 e. The summed E-state index contributed by atoms with van der Waals surface area (Å²) in [7, 11) is 0. The van der Waals surface area contributed by atoms with E-state index in [9.17, 15) is 9.90 Å².